The number of nitrogens with zero attached hydrogens (tertiary/aromatic N) is 3. The van der Waals surface area contributed by atoms with Crippen molar-refractivity contribution in [3.05, 3.63) is 35.9 Å². The standard InChI is InChI=1S/C14H20N4O/c1-10(2)14-16-11(3)18(17-14)12-4-6-13(7-5-12)19-9-8-15/h4-7,10H,8-9,15H2,1-3H3. The van der Waals surface area contributed by atoms with Gasteiger partial charge in [0.1, 0.15) is 18.2 Å². The van der Waals surface area contributed by atoms with Gasteiger partial charge in [0.25, 0.3) is 0 Å². The molecule has 5 heteroatoms. The van der Waals surface area contributed by atoms with Crippen LogP contribution in [0.2, 0.25) is 0 Å². The van der Waals surface area contributed by atoms with E-state index in [0.29, 0.717) is 19.1 Å². The van der Waals surface area contributed by atoms with Gasteiger partial charge in [-0.2, -0.15) is 5.10 Å². The normalized spacial score (nSPS) is 11.0. The Kier molecular flexibility index (Phi) is 4.16. The van der Waals surface area contributed by atoms with Crippen molar-refractivity contribution in [2.75, 3.05) is 13.2 Å². The summed E-state index contributed by atoms with van der Waals surface area (Å²) in [4.78, 5) is 4.46. The van der Waals surface area contributed by atoms with Crippen molar-refractivity contribution in [2.45, 2.75) is 26.7 Å². The van der Waals surface area contributed by atoms with E-state index in [2.05, 4.69) is 23.9 Å². The number of rotatable bonds is 5. The van der Waals surface area contributed by atoms with Gasteiger partial charge in [0.15, 0.2) is 5.82 Å². The Morgan fingerprint density at radius 2 is 1.95 bits per heavy atom. The molecule has 0 radical (unpaired) electrons. The second-order valence-corrected chi connectivity index (χ2v) is 4.71. The summed E-state index contributed by atoms with van der Waals surface area (Å²) in [6, 6.07) is 7.78. The predicted octanol–water partition coefficient (Wildman–Crippen LogP) is 2.04. The summed E-state index contributed by atoms with van der Waals surface area (Å²) in [6.07, 6.45) is 0. The molecule has 0 aliphatic heterocycles. The minimum absolute atomic E-state index is 0.326. The largest absolute Gasteiger partial charge is 0.492 e. The second-order valence-electron chi connectivity index (χ2n) is 4.71. The van der Waals surface area contributed by atoms with Crippen LogP contribution in [0.15, 0.2) is 24.3 Å². The fourth-order valence-corrected chi connectivity index (χ4v) is 1.76. The van der Waals surface area contributed by atoms with Gasteiger partial charge in [0, 0.05) is 12.5 Å². The number of ether oxygens (including phenoxy) is 1. The van der Waals surface area contributed by atoms with E-state index in [1.54, 1.807) is 0 Å². The van der Waals surface area contributed by atoms with Gasteiger partial charge in [0.2, 0.25) is 0 Å². The molecule has 0 bridgehead atoms. The Labute approximate surface area is 113 Å². The topological polar surface area (TPSA) is 66.0 Å². The van der Waals surface area contributed by atoms with Crippen LogP contribution in [-0.2, 0) is 0 Å². The summed E-state index contributed by atoms with van der Waals surface area (Å²) >= 11 is 0. The van der Waals surface area contributed by atoms with Crippen molar-refractivity contribution in [3.8, 4) is 11.4 Å². The lowest BCUT2D eigenvalue weighted by molar-refractivity contribution is 0.328. The number of benzene rings is 1. The fourth-order valence-electron chi connectivity index (χ4n) is 1.76. The summed E-state index contributed by atoms with van der Waals surface area (Å²) in [5.41, 5.74) is 6.38. The quantitative estimate of drug-likeness (QED) is 0.893. The molecular weight excluding hydrogens is 240 g/mol. The molecule has 2 N–H and O–H groups in total. The van der Waals surface area contributed by atoms with Crippen LogP contribution in [0.1, 0.15) is 31.4 Å². The molecule has 102 valence electrons. The van der Waals surface area contributed by atoms with Gasteiger partial charge in [-0.25, -0.2) is 9.67 Å². The molecular formula is C14H20N4O. The third-order valence-electron chi connectivity index (χ3n) is 2.77. The van der Waals surface area contributed by atoms with Crippen molar-refractivity contribution in [1.82, 2.24) is 14.8 Å². The summed E-state index contributed by atoms with van der Waals surface area (Å²) in [7, 11) is 0. The third kappa shape index (κ3) is 3.12. The molecule has 2 rings (SSSR count). The van der Waals surface area contributed by atoms with Crippen LogP contribution in [0.5, 0.6) is 5.75 Å². The zero-order valence-corrected chi connectivity index (χ0v) is 11.6. The van der Waals surface area contributed by atoms with Crippen molar-refractivity contribution in [3.63, 3.8) is 0 Å². The van der Waals surface area contributed by atoms with Crippen molar-refractivity contribution < 1.29 is 4.74 Å². The van der Waals surface area contributed by atoms with Crippen molar-refractivity contribution >= 4 is 0 Å². The van der Waals surface area contributed by atoms with Gasteiger partial charge in [-0.15, -0.1) is 0 Å². The molecule has 1 aromatic heterocycles. The van der Waals surface area contributed by atoms with E-state index in [4.69, 9.17) is 10.5 Å². The molecule has 0 saturated carbocycles. The highest BCUT2D eigenvalue weighted by Crippen LogP contribution is 2.17. The predicted molar refractivity (Wildman–Crippen MR) is 74.7 cm³/mol. The molecule has 0 amide bonds. The number of hydrogen-bond acceptors (Lipinski definition) is 4. The van der Waals surface area contributed by atoms with E-state index in [-0.39, 0.29) is 0 Å². The molecule has 1 heterocycles. The molecule has 0 aliphatic carbocycles. The summed E-state index contributed by atoms with van der Waals surface area (Å²) in [5, 5.41) is 4.52. The minimum atomic E-state index is 0.326. The van der Waals surface area contributed by atoms with Crippen LogP contribution in [0.3, 0.4) is 0 Å². The molecule has 0 saturated heterocycles. The van der Waals surface area contributed by atoms with Gasteiger partial charge >= 0.3 is 0 Å². The van der Waals surface area contributed by atoms with Crippen LogP contribution in [-0.4, -0.2) is 27.9 Å². The lowest BCUT2D eigenvalue weighted by atomic mass is 10.2. The molecule has 0 spiro atoms. The summed E-state index contributed by atoms with van der Waals surface area (Å²) in [6.45, 7) is 7.17. The van der Waals surface area contributed by atoms with Gasteiger partial charge in [-0.05, 0) is 31.2 Å². The van der Waals surface area contributed by atoms with E-state index in [1.807, 2.05) is 35.9 Å². The van der Waals surface area contributed by atoms with Crippen LogP contribution >= 0.6 is 0 Å². The maximum atomic E-state index is 5.45. The minimum Gasteiger partial charge on any atom is -0.492 e. The highest BCUT2D eigenvalue weighted by Gasteiger charge is 2.10. The number of hydrogen-bond donors (Lipinski definition) is 1. The van der Waals surface area contributed by atoms with Crippen LogP contribution in [0.4, 0.5) is 0 Å². The van der Waals surface area contributed by atoms with Gasteiger partial charge in [-0.3, -0.25) is 0 Å². The number of aryl methyl sites for hydroxylation is 1. The van der Waals surface area contributed by atoms with Gasteiger partial charge in [-0.1, -0.05) is 13.8 Å². The van der Waals surface area contributed by atoms with E-state index < -0.39 is 0 Å². The molecule has 0 unspecified atom stereocenters. The van der Waals surface area contributed by atoms with E-state index in [9.17, 15) is 0 Å². The first-order valence-electron chi connectivity index (χ1n) is 6.48. The first-order valence-corrected chi connectivity index (χ1v) is 6.48. The molecule has 5 nitrogen and oxygen atoms in total. The Morgan fingerprint density at radius 3 is 2.47 bits per heavy atom. The number of aromatic nitrogens is 3. The van der Waals surface area contributed by atoms with E-state index in [1.165, 1.54) is 0 Å². The monoisotopic (exact) mass is 260 g/mol. The Bertz CT molecular complexity index is 531. The zero-order valence-electron chi connectivity index (χ0n) is 11.6. The van der Waals surface area contributed by atoms with Crippen molar-refractivity contribution in [2.24, 2.45) is 5.73 Å². The van der Waals surface area contributed by atoms with Gasteiger partial charge < -0.3 is 10.5 Å². The first kappa shape index (κ1) is 13.5. The smallest absolute Gasteiger partial charge is 0.153 e. The molecule has 1 aromatic carbocycles. The Hall–Kier alpha value is -1.88. The third-order valence-corrected chi connectivity index (χ3v) is 2.77. The van der Waals surface area contributed by atoms with Gasteiger partial charge in [0.05, 0.1) is 5.69 Å². The summed E-state index contributed by atoms with van der Waals surface area (Å²) < 4.78 is 7.30. The zero-order chi connectivity index (χ0) is 13.8. The van der Waals surface area contributed by atoms with Crippen molar-refractivity contribution in [1.29, 1.82) is 0 Å². The molecule has 0 fully saturated rings. The fraction of sp³-hybridized carbons (Fsp3) is 0.429. The number of nitrogens with two attached hydrogens (primary N) is 1. The molecule has 0 aliphatic rings. The van der Waals surface area contributed by atoms with Crippen LogP contribution in [0, 0.1) is 6.92 Å². The molecule has 0 atom stereocenters. The van der Waals surface area contributed by atoms with E-state index >= 15 is 0 Å². The SMILES string of the molecule is Cc1nc(C(C)C)nn1-c1ccc(OCCN)cc1. The lowest BCUT2D eigenvalue weighted by Gasteiger charge is -2.06. The maximum absolute atomic E-state index is 5.45. The highest BCUT2D eigenvalue weighted by molar-refractivity contribution is 5.37. The maximum Gasteiger partial charge on any atom is 0.153 e. The van der Waals surface area contributed by atoms with E-state index in [0.717, 1.165) is 23.1 Å². The Morgan fingerprint density at radius 1 is 1.26 bits per heavy atom. The van der Waals surface area contributed by atoms with Crippen LogP contribution < -0.4 is 10.5 Å². The Balaban J connectivity index is 2.22. The lowest BCUT2D eigenvalue weighted by Crippen LogP contribution is -2.10. The molecule has 2 aromatic rings. The molecule has 19 heavy (non-hydrogen) atoms. The first-order chi connectivity index (χ1) is 9.11. The second kappa shape index (κ2) is 5.84. The average molecular weight is 260 g/mol. The average Bonchev–Trinajstić information content (AvgIpc) is 2.79. The summed E-state index contributed by atoms with van der Waals surface area (Å²) in [5.74, 6) is 2.89. The van der Waals surface area contributed by atoms with Crippen LogP contribution in [0.25, 0.3) is 5.69 Å². The highest BCUT2D eigenvalue weighted by atomic mass is 16.5.